The Hall–Kier alpha value is 0.400. The highest BCUT2D eigenvalue weighted by Gasteiger charge is 2.44. The summed E-state index contributed by atoms with van der Waals surface area (Å²) in [7, 11) is -1.64. The average Bonchev–Trinajstić information content (AvgIpc) is 3.15. The zero-order valence-electron chi connectivity index (χ0n) is 14.6. The molecule has 0 aromatic heterocycles. The molecule has 130 valence electrons. The summed E-state index contributed by atoms with van der Waals surface area (Å²) in [6.45, 7) is 14.5. The molecule has 0 saturated carbocycles. The highest BCUT2D eigenvalue weighted by atomic mass is 35.5. The molecule has 6 heteroatoms. The molecule has 3 saturated heterocycles. The van der Waals surface area contributed by atoms with Crippen LogP contribution in [0.4, 0.5) is 0 Å². The summed E-state index contributed by atoms with van der Waals surface area (Å²) in [6.07, 6.45) is 8.19. The van der Waals surface area contributed by atoms with Crippen LogP contribution in [0.15, 0.2) is 4.74 Å². The van der Waals surface area contributed by atoms with Gasteiger partial charge in [0.05, 0.1) is 5.54 Å². The molecule has 0 aliphatic carbocycles. The van der Waals surface area contributed by atoms with Crippen LogP contribution in [0, 0.1) is 0 Å². The van der Waals surface area contributed by atoms with Gasteiger partial charge in [0, 0.05) is 39.3 Å². The summed E-state index contributed by atoms with van der Waals surface area (Å²) in [4.78, 5) is 0. The van der Waals surface area contributed by atoms with E-state index in [0.717, 1.165) is 0 Å². The minimum absolute atomic E-state index is 0. The third-order valence-electron chi connectivity index (χ3n) is 4.82. The van der Waals surface area contributed by atoms with Crippen LogP contribution in [0.25, 0.3) is 0 Å². The fourth-order valence-electron chi connectivity index (χ4n) is 4.04. The molecule has 0 bridgehead atoms. The summed E-state index contributed by atoms with van der Waals surface area (Å²) in [5.74, 6) is 0. The third kappa shape index (κ3) is 3.72. The number of halogens is 1. The van der Waals surface area contributed by atoms with Gasteiger partial charge in [-0.05, 0) is 59.3 Å². The molecule has 0 amide bonds. The van der Waals surface area contributed by atoms with E-state index in [1.807, 2.05) is 0 Å². The fraction of sp³-hybridized carbons (Fsp3) is 1.00. The Balaban J connectivity index is 0.00000176. The first-order chi connectivity index (χ1) is 10.0. The van der Waals surface area contributed by atoms with Crippen LogP contribution in [0.1, 0.15) is 59.3 Å². The lowest BCUT2D eigenvalue weighted by Crippen LogP contribution is -2.39. The van der Waals surface area contributed by atoms with Gasteiger partial charge in [-0.25, -0.2) is 14.0 Å². The molecule has 0 aromatic rings. The maximum Gasteiger partial charge on any atom is 0.168 e. The Morgan fingerprint density at radius 3 is 1.14 bits per heavy atom. The molecule has 3 aliphatic heterocycles. The molecule has 0 radical (unpaired) electrons. The number of nitrogens with zero attached hydrogens (tertiary/aromatic N) is 4. The molecule has 3 heterocycles. The van der Waals surface area contributed by atoms with Crippen LogP contribution < -0.4 is 0 Å². The van der Waals surface area contributed by atoms with E-state index in [1.54, 1.807) is 0 Å². The van der Waals surface area contributed by atoms with Crippen LogP contribution in [-0.4, -0.2) is 58.8 Å². The Bertz CT molecular complexity index is 355. The molecule has 4 nitrogen and oxygen atoms in total. The first-order valence-corrected chi connectivity index (χ1v) is 10.5. The maximum absolute atomic E-state index is 5.58. The van der Waals surface area contributed by atoms with E-state index in [2.05, 4.69) is 34.8 Å². The fourth-order valence-corrected chi connectivity index (χ4v) is 8.75. The molecule has 3 aliphatic rings. The van der Waals surface area contributed by atoms with Gasteiger partial charge in [-0.2, -0.15) is 0 Å². The predicted octanol–water partition coefficient (Wildman–Crippen LogP) is 4.44. The predicted molar refractivity (Wildman–Crippen MR) is 98.8 cm³/mol. The van der Waals surface area contributed by atoms with E-state index in [0.29, 0.717) is 0 Å². The van der Waals surface area contributed by atoms with Crippen molar-refractivity contribution in [2.45, 2.75) is 64.8 Å². The molecule has 22 heavy (non-hydrogen) atoms. The van der Waals surface area contributed by atoms with Crippen molar-refractivity contribution in [1.29, 1.82) is 0 Å². The van der Waals surface area contributed by atoms with E-state index in [4.69, 9.17) is 4.74 Å². The average molecular weight is 349 g/mol. The minimum Gasteiger partial charge on any atom is -0.255 e. The quantitative estimate of drug-likeness (QED) is 0.704. The monoisotopic (exact) mass is 348 g/mol. The van der Waals surface area contributed by atoms with E-state index in [9.17, 15) is 0 Å². The molecule has 0 N–H and O–H groups in total. The maximum atomic E-state index is 5.58. The van der Waals surface area contributed by atoms with Crippen LogP contribution in [-0.2, 0) is 0 Å². The van der Waals surface area contributed by atoms with Crippen molar-refractivity contribution < 1.29 is 0 Å². The Morgan fingerprint density at radius 2 is 0.909 bits per heavy atom. The lowest BCUT2D eigenvalue weighted by molar-refractivity contribution is 0.374. The number of rotatable bonds is 3. The van der Waals surface area contributed by atoms with Crippen LogP contribution >= 0.6 is 19.9 Å². The van der Waals surface area contributed by atoms with E-state index < -0.39 is 7.51 Å². The van der Waals surface area contributed by atoms with Crippen molar-refractivity contribution in [3.63, 3.8) is 0 Å². The van der Waals surface area contributed by atoms with Gasteiger partial charge in [0.15, 0.2) is 7.51 Å². The zero-order valence-corrected chi connectivity index (χ0v) is 16.3. The molecular weight excluding hydrogens is 315 g/mol. The van der Waals surface area contributed by atoms with Gasteiger partial charge in [-0.1, -0.05) is 0 Å². The van der Waals surface area contributed by atoms with Crippen molar-refractivity contribution in [2.24, 2.45) is 4.74 Å². The van der Waals surface area contributed by atoms with E-state index in [1.165, 1.54) is 77.8 Å². The smallest absolute Gasteiger partial charge is 0.168 e. The first-order valence-electron chi connectivity index (χ1n) is 8.92. The van der Waals surface area contributed by atoms with Gasteiger partial charge < -0.3 is 0 Å². The molecule has 3 rings (SSSR count). The SMILES string of the molecule is CC(C)(C)N=P(N1CCCC1)(N1CCCC1)N1CCCC1.Cl. The van der Waals surface area contributed by atoms with Crippen molar-refractivity contribution >= 4 is 19.9 Å². The molecular formula is C16H34ClN4P. The minimum atomic E-state index is -1.64. The van der Waals surface area contributed by atoms with Crippen LogP contribution in [0.3, 0.4) is 0 Å². The largest absolute Gasteiger partial charge is 0.255 e. The lowest BCUT2D eigenvalue weighted by atomic mass is 10.1. The molecule has 0 aromatic carbocycles. The van der Waals surface area contributed by atoms with Gasteiger partial charge in [-0.3, -0.25) is 4.74 Å². The van der Waals surface area contributed by atoms with Crippen molar-refractivity contribution in [2.75, 3.05) is 39.3 Å². The number of hydrogen-bond donors (Lipinski definition) is 0. The van der Waals surface area contributed by atoms with Crippen LogP contribution in [0.2, 0.25) is 0 Å². The summed E-state index contributed by atoms with van der Waals surface area (Å²) in [6, 6.07) is 0. The highest BCUT2D eigenvalue weighted by molar-refractivity contribution is 7.59. The second-order valence-corrected chi connectivity index (χ2v) is 10.8. The topological polar surface area (TPSA) is 22.1 Å². The summed E-state index contributed by atoms with van der Waals surface area (Å²) < 4.78 is 14.0. The first kappa shape index (κ1) is 18.7. The molecule has 0 unspecified atom stereocenters. The second-order valence-electron chi connectivity index (χ2n) is 7.79. The van der Waals surface area contributed by atoms with Gasteiger partial charge in [0.25, 0.3) is 0 Å². The Kier molecular flexibility index (Phi) is 6.41. The van der Waals surface area contributed by atoms with Crippen molar-refractivity contribution in [1.82, 2.24) is 14.0 Å². The van der Waals surface area contributed by atoms with Gasteiger partial charge >= 0.3 is 0 Å². The Labute approximate surface area is 143 Å². The molecule has 3 fully saturated rings. The van der Waals surface area contributed by atoms with Crippen molar-refractivity contribution in [3.05, 3.63) is 0 Å². The van der Waals surface area contributed by atoms with Gasteiger partial charge in [0.2, 0.25) is 0 Å². The zero-order chi connectivity index (χ0) is 14.9. The summed E-state index contributed by atoms with van der Waals surface area (Å²) in [5.41, 5.74) is 0.0571. The summed E-state index contributed by atoms with van der Waals surface area (Å²) in [5, 5.41) is 0. The third-order valence-corrected chi connectivity index (χ3v) is 9.17. The standard InChI is InChI=1S/C16H33N4P.ClH/c1-16(2,3)17-21(18-10-4-5-11-18,19-12-6-7-13-19)20-14-8-9-15-20;/h4-15H2,1-3H3;1H. The van der Waals surface area contributed by atoms with Gasteiger partial charge in [-0.15, -0.1) is 12.4 Å². The van der Waals surface area contributed by atoms with E-state index in [-0.39, 0.29) is 17.9 Å². The van der Waals surface area contributed by atoms with Gasteiger partial charge in [0.1, 0.15) is 0 Å². The van der Waals surface area contributed by atoms with E-state index >= 15 is 0 Å². The van der Waals surface area contributed by atoms with Crippen molar-refractivity contribution in [3.8, 4) is 0 Å². The van der Waals surface area contributed by atoms with Crippen LogP contribution in [0.5, 0.6) is 0 Å². The Morgan fingerprint density at radius 1 is 0.636 bits per heavy atom. The highest BCUT2D eigenvalue weighted by Crippen LogP contribution is 2.63. The lowest BCUT2D eigenvalue weighted by Gasteiger charge is -2.47. The normalized spacial score (nSPS) is 25.6. The molecule has 0 atom stereocenters. The number of hydrogen-bond acceptors (Lipinski definition) is 1. The molecule has 0 spiro atoms. The second kappa shape index (κ2) is 7.53. The summed E-state index contributed by atoms with van der Waals surface area (Å²) >= 11 is 0.